The summed E-state index contributed by atoms with van der Waals surface area (Å²) >= 11 is 1.57. The maximum Gasteiger partial charge on any atom is 0.222 e. The molecule has 0 saturated carbocycles. The lowest BCUT2D eigenvalue weighted by atomic mass is 9.89. The highest BCUT2D eigenvalue weighted by molar-refractivity contribution is 7.07. The average Bonchev–Trinajstić information content (AvgIpc) is 3.22. The minimum atomic E-state index is 0. The lowest BCUT2D eigenvalue weighted by Crippen LogP contribution is -2.30. The standard InChI is InChI=1S/C17H21N3OS.2ClH/c18-8-14-9-20(10-16(14)13-4-2-1-3-5-13)17(21)7-6-15-11-22-12-19-15;;/h1-5,11-12,14,16H,6-10,18H2;2*1H/t14-,16+;;/m1../s1. The number of nitrogens with two attached hydrogens (primary N) is 1. The van der Waals surface area contributed by atoms with Gasteiger partial charge in [-0.25, -0.2) is 4.98 Å². The minimum Gasteiger partial charge on any atom is -0.342 e. The Morgan fingerprint density at radius 1 is 1.25 bits per heavy atom. The summed E-state index contributed by atoms with van der Waals surface area (Å²) in [6, 6.07) is 10.4. The maximum atomic E-state index is 12.4. The molecule has 1 fully saturated rings. The molecule has 7 heteroatoms. The molecule has 0 unspecified atom stereocenters. The number of rotatable bonds is 5. The zero-order chi connectivity index (χ0) is 15.4. The maximum absolute atomic E-state index is 12.4. The van der Waals surface area contributed by atoms with Crippen LogP contribution in [0.4, 0.5) is 0 Å². The van der Waals surface area contributed by atoms with Crippen molar-refractivity contribution in [3.05, 3.63) is 52.5 Å². The van der Waals surface area contributed by atoms with E-state index in [0.29, 0.717) is 24.8 Å². The number of carbonyl (C=O) groups excluding carboxylic acids is 1. The van der Waals surface area contributed by atoms with Crippen molar-refractivity contribution in [2.45, 2.75) is 18.8 Å². The summed E-state index contributed by atoms with van der Waals surface area (Å²) in [5, 5.41) is 2.01. The van der Waals surface area contributed by atoms with Crippen LogP contribution in [-0.2, 0) is 11.2 Å². The number of carbonyl (C=O) groups is 1. The summed E-state index contributed by atoms with van der Waals surface area (Å²) < 4.78 is 0. The highest BCUT2D eigenvalue weighted by atomic mass is 35.5. The first-order valence-electron chi connectivity index (χ1n) is 7.67. The summed E-state index contributed by atoms with van der Waals surface area (Å²) in [5.74, 6) is 0.921. The van der Waals surface area contributed by atoms with Gasteiger partial charge in [-0.15, -0.1) is 36.2 Å². The van der Waals surface area contributed by atoms with Gasteiger partial charge in [0.05, 0.1) is 11.2 Å². The van der Waals surface area contributed by atoms with Gasteiger partial charge in [0.15, 0.2) is 0 Å². The molecule has 1 aliphatic rings. The summed E-state index contributed by atoms with van der Waals surface area (Å²) in [7, 11) is 0. The Morgan fingerprint density at radius 2 is 2.00 bits per heavy atom. The largest absolute Gasteiger partial charge is 0.342 e. The number of aromatic nitrogens is 1. The molecule has 1 saturated heterocycles. The van der Waals surface area contributed by atoms with E-state index in [2.05, 4.69) is 29.2 Å². The van der Waals surface area contributed by atoms with Gasteiger partial charge < -0.3 is 10.6 Å². The molecule has 2 N–H and O–H groups in total. The predicted molar refractivity (Wildman–Crippen MR) is 103 cm³/mol. The van der Waals surface area contributed by atoms with Crippen LogP contribution in [0.15, 0.2) is 41.2 Å². The highest BCUT2D eigenvalue weighted by Crippen LogP contribution is 2.32. The number of hydrogen-bond donors (Lipinski definition) is 1. The summed E-state index contributed by atoms with van der Waals surface area (Å²) in [6.07, 6.45) is 1.25. The molecule has 3 rings (SSSR count). The molecule has 4 nitrogen and oxygen atoms in total. The molecule has 1 aromatic heterocycles. The van der Waals surface area contributed by atoms with Crippen LogP contribution in [0.25, 0.3) is 0 Å². The molecule has 0 aliphatic carbocycles. The van der Waals surface area contributed by atoms with Gasteiger partial charge in [0.25, 0.3) is 0 Å². The number of aryl methyl sites for hydroxylation is 1. The number of benzene rings is 1. The van der Waals surface area contributed by atoms with Gasteiger partial charge in [0.2, 0.25) is 5.91 Å². The number of likely N-dealkylation sites (tertiary alicyclic amines) is 1. The van der Waals surface area contributed by atoms with E-state index >= 15 is 0 Å². The average molecular weight is 388 g/mol. The predicted octanol–water partition coefficient (Wildman–Crippen LogP) is 3.12. The van der Waals surface area contributed by atoms with Gasteiger partial charge in [-0.05, 0) is 24.4 Å². The lowest BCUT2D eigenvalue weighted by Gasteiger charge is -2.16. The third kappa shape index (κ3) is 4.93. The van der Waals surface area contributed by atoms with Gasteiger partial charge in [-0.2, -0.15) is 0 Å². The molecule has 2 atom stereocenters. The fourth-order valence-electron chi connectivity index (χ4n) is 3.15. The third-order valence-corrected chi connectivity index (χ3v) is 5.04. The van der Waals surface area contributed by atoms with Crippen molar-refractivity contribution in [1.29, 1.82) is 0 Å². The molecule has 24 heavy (non-hydrogen) atoms. The second kappa shape index (κ2) is 9.99. The van der Waals surface area contributed by atoms with Crippen LogP contribution >= 0.6 is 36.2 Å². The second-order valence-electron chi connectivity index (χ2n) is 5.79. The van der Waals surface area contributed by atoms with E-state index in [-0.39, 0.29) is 30.7 Å². The molecule has 0 radical (unpaired) electrons. The van der Waals surface area contributed by atoms with Crippen LogP contribution < -0.4 is 5.73 Å². The van der Waals surface area contributed by atoms with E-state index in [1.165, 1.54) is 5.56 Å². The topological polar surface area (TPSA) is 59.2 Å². The molecule has 0 bridgehead atoms. The van der Waals surface area contributed by atoms with Gasteiger partial charge in [0, 0.05) is 30.8 Å². The number of thiazole rings is 1. The van der Waals surface area contributed by atoms with Gasteiger partial charge in [0.1, 0.15) is 0 Å². The SMILES string of the molecule is Cl.Cl.NC[C@@H]1CN(C(=O)CCc2cscn2)C[C@H]1c1ccccc1. The van der Waals surface area contributed by atoms with Crippen molar-refractivity contribution in [2.24, 2.45) is 11.7 Å². The van der Waals surface area contributed by atoms with E-state index in [4.69, 9.17) is 5.73 Å². The minimum absolute atomic E-state index is 0. The zero-order valence-corrected chi connectivity index (χ0v) is 15.8. The van der Waals surface area contributed by atoms with Crippen molar-refractivity contribution >= 4 is 42.1 Å². The first kappa shape index (κ1) is 20.9. The van der Waals surface area contributed by atoms with Crippen molar-refractivity contribution in [2.75, 3.05) is 19.6 Å². The fraction of sp³-hybridized carbons (Fsp3) is 0.412. The Morgan fingerprint density at radius 3 is 2.62 bits per heavy atom. The zero-order valence-electron chi connectivity index (χ0n) is 13.3. The molecule has 1 aromatic carbocycles. The monoisotopic (exact) mass is 387 g/mol. The third-order valence-electron chi connectivity index (χ3n) is 4.40. The first-order chi connectivity index (χ1) is 10.8. The fourth-order valence-corrected chi connectivity index (χ4v) is 3.74. The number of hydrogen-bond acceptors (Lipinski definition) is 4. The van der Waals surface area contributed by atoms with Gasteiger partial charge >= 0.3 is 0 Å². The van der Waals surface area contributed by atoms with Crippen molar-refractivity contribution in [3.8, 4) is 0 Å². The Bertz CT molecular complexity index is 610. The van der Waals surface area contributed by atoms with E-state index in [9.17, 15) is 4.79 Å². The first-order valence-corrected chi connectivity index (χ1v) is 8.62. The summed E-state index contributed by atoms with van der Waals surface area (Å²) in [4.78, 5) is 18.6. The lowest BCUT2D eigenvalue weighted by molar-refractivity contribution is -0.130. The van der Waals surface area contributed by atoms with Gasteiger partial charge in [-0.3, -0.25) is 4.79 Å². The number of halogens is 2. The second-order valence-corrected chi connectivity index (χ2v) is 6.51. The highest BCUT2D eigenvalue weighted by Gasteiger charge is 2.34. The Hall–Kier alpha value is -1.14. The van der Waals surface area contributed by atoms with E-state index in [1.54, 1.807) is 11.3 Å². The van der Waals surface area contributed by atoms with E-state index in [0.717, 1.165) is 25.2 Å². The molecule has 2 heterocycles. The molecule has 0 spiro atoms. The van der Waals surface area contributed by atoms with Crippen LogP contribution in [0.3, 0.4) is 0 Å². The van der Waals surface area contributed by atoms with Crippen LogP contribution in [0.1, 0.15) is 23.6 Å². The Balaban J connectivity index is 0.00000144. The Kier molecular flexibility index (Phi) is 8.70. The van der Waals surface area contributed by atoms with E-state index < -0.39 is 0 Å². The number of amides is 1. The molecule has 1 aliphatic heterocycles. The summed E-state index contributed by atoms with van der Waals surface area (Å²) in [5.41, 5.74) is 10.0. The molecular weight excluding hydrogens is 365 g/mol. The number of nitrogens with zero attached hydrogens (tertiary/aromatic N) is 2. The van der Waals surface area contributed by atoms with E-state index in [1.807, 2.05) is 21.9 Å². The molecule has 132 valence electrons. The normalized spacial score (nSPS) is 19.5. The molecule has 1 amide bonds. The van der Waals surface area contributed by atoms with Crippen molar-refractivity contribution in [3.63, 3.8) is 0 Å². The quantitative estimate of drug-likeness (QED) is 0.856. The van der Waals surface area contributed by atoms with Crippen LogP contribution in [0, 0.1) is 5.92 Å². The molecular formula is C17H23Cl2N3OS. The Labute approximate surface area is 159 Å². The molecule has 2 aromatic rings. The van der Waals surface area contributed by atoms with Crippen LogP contribution in [0.5, 0.6) is 0 Å². The van der Waals surface area contributed by atoms with Crippen LogP contribution in [0.2, 0.25) is 0 Å². The van der Waals surface area contributed by atoms with Crippen molar-refractivity contribution < 1.29 is 4.79 Å². The van der Waals surface area contributed by atoms with Crippen molar-refractivity contribution in [1.82, 2.24) is 9.88 Å². The van der Waals surface area contributed by atoms with Gasteiger partial charge in [-0.1, -0.05) is 30.3 Å². The smallest absolute Gasteiger partial charge is 0.222 e. The van der Waals surface area contributed by atoms with Crippen LogP contribution in [-0.4, -0.2) is 35.4 Å². The summed E-state index contributed by atoms with van der Waals surface area (Å²) in [6.45, 7) is 2.17.